The Morgan fingerprint density at radius 3 is 2.71 bits per heavy atom. The van der Waals surface area contributed by atoms with E-state index >= 15 is 0 Å². The quantitative estimate of drug-likeness (QED) is 0.679. The van der Waals surface area contributed by atoms with Gasteiger partial charge in [0.25, 0.3) is 0 Å². The third-order valence-electron chi connectivity index (χ3n) is 6.39. The Kier molecular flexibility index (Phi) is 6.65. The van der Waals surface area contributed by atoms with Gasteiger partial charge in [0, 0.05) is 68.7 Å². The summed E-state index contributed by atoms with van der Waals surface area (Å²) in [4.78, 5) is 5.86. The molecule has 1 atom stereocenters. The highest BCUT2D eigenvalue weighted by Crippen LogP contribution is 2.35. The van der Waals surface area contributed by atoms with Gasteiger partial charge in [0.1, 0.15) is 0 Å². The van der Waals surface area contributed by atoms with Gasteiger partial charge in [-0.25, -0.2) is 4.31 Å². The number of benzene rings is 1. The highest BCUT2D eigenvalue weighted by Gasteiger charge is 2.24. The summed E-state index contributed by atoms with van der Waals surface area (Å²) in [5.41, 5.74) is 2.72. The number of para-hydroxylation sites is 1. The van der Waals surface area contributed by atoms with Crippen LogP contribution < -0.4 is 0 Å². The first-order valence-electron chi connectivity index (χ1n) is 10.8. The van der Waals surface area contributed by atoms with Gasteiger partial charge in [0.05, 0.1) is 0 Å². The van der Waals surface area contributed by atoms with Crippen molar-refractivity contribution in [1.82, 2.24) is 18.5 Å². The second-order valence-corrected chi connectivity index (χ2v) is 9.73. The van der Waals surface area contributed by atoms with Crippen molar-refractivity contribution in [3.8, 4) is 0 Å². The van der Waals surface area contributed by atoms with E-state index < -0.39 is 0 Å². The molecule has 28 heavy (non-hydrogen) atoms. The summed E-state index contributed by atoms with van der Waals surface area (Å²) in [5, 5.41) is 1.39. The minimum Gasteiger partial charge on any atom is -0.361 e. The molecule has 2 heterocycles. The highest BCUT2D eigenvalue weighted by atomic mass is 32.2. The maximum absolute atomic E-state index is 3.46. The van der Waals surface area contributed by atoms with Crippen LogP contribution in [0.2, 0.25) is 0 Å². The lowest BCUT2D eigenvalue weighted by Crippen LogP contribution is -2.42. The van der Waals surface area contributed by atoms with E-state index in [2.05, 4.69) is 75.3 Å². The van der Waals surface area contributed by atoms with Gasteiger partial charge in [-0.1, -0.05) is 37.1 Å². The average Bonchev–Trinajstić information content (AvgIpc) is 3.37. The lowest BCUT2D eigenvalue weighted by molar-refractivity contribution is 0.231. The van der Waals surface area contributed by atoms with E-state index in [1.165, 1.54) is 42.1 Å². The van der Waals surface area contributed by atoms with Gasteiger partial charge in [-0.05, 0) is 49.8 Å². The molecule has 4 rings (SSSR count). The molecule has 0 amide bonds. The summed E-state index contributed by atoms with van der Waals surface area (Å²) in [7, 11) is 4.40. The Morgan fingerprint density at radius 2 is 1.93 bits per heavy atom. The number of hydrogen-bond donors (Lipinski definition) is 1. The second-order valence-electron chi connectivity index (χ2n) is 8.47. The summed E-state index contributed by atoms with van der Waals surface area (Å²) >= 11 is 1.86. The lowest BCUT2D eigenvalue weighted by atomic mass is 9.85. The van der Waals surface area contributed by atoms with Crippen LogP contribution in [-0.4, -0.2) is 58.8 Å². The predicted octanol–water partition coefficient (Wildman–Crippen LogP) is 4.77. The zero-order chi connectivity index (χ0) is 19.3. The molecule has 1 N–H and O–H groups in total. The fourth-order valence-corrected chi connectivity index (χ4v) is 5.46. The van der Waals surface area contributed by atoms with Crippen molar-refractivity contribution in [3.63, 3.8) is 0 Å². The molecule has 2 fully saturated rings. The van der Waals surface area contributed by atoms with Crippen molar-refractivity contribution in [2.24, 2.45) is 11.8 Å². The fraction of sp³-hybridized carbons (Fsp3) is 0.565. The van der Waals surface area contributed by atoms with Crippen molar-refractivity contribution in [3.05, 3.63) is 48.3 Å². The van der Waals surface area contributed by atoms with Crippen molar-refractivity contribution in [1.29, 1.82) is 0 Å². The van der Waals surface area contributed by atoms with Crippen molar-refractivity contribution < 1.29 is 0 Å². The van der Waals surface area contributed by atoms with E-state index in [1.807, 2.05) is 12.1 Å². The number of fused-ring (bicyclic) bond motifs is 1. The molecule has 2 aromatic rings. The molecule has 1 aliphatic heterocycles. The first-order chi connectivity index (χ1) is 13.7. The number of likely N-dealkylation sites (N-methyl/N-ethyl adjacent to an activating group) is 1. The SMILES string of the molecule is CN1CCN(SN(C)C=CC(Cc2c[nH]c3ccccc23)C2CCCC2)CC1. The van der Waals surface area contributed by atoms with E-state index in [-0.39, 0.29) is 0 Å². The molecule has 2 aliphatic rings. The zero-order valence-corrected chi connectivity index (χ0v) is 18.1. The molecule has 0 radical (unpaired) electrons. The molecule has 0 spiro atoms. The number of aromatic nitrogens is 1. The second kappa shape index (κ2) is 9.38. The molecule has 4 nitrogen and oxygen atoms in total. The Labute approximate surface area is 174 Å². The van der Waals surface area contributed by atoms with E-state index in [0.717, 1.165) is 38.5 Å². The molecule has 1 aromatic carbocycles. The zero-order valence-electron chi connectivity index (χ0n) is 17.3. The van der Waals surface area contributed by atoms with Crippen LogP contribution in [0.4, 0.5) is 0 Å². The Morgan fingerprint density at radius 1 is 1.18 bits per heavy atom. The summed E-state index contributed by atoms with van der Waals surface area (Å²) in [6, 6.07) is 8.70. The number of nitrogens with zero attached hydrogens (tertiary/aromatic N) is 3. The van der Waals surface area contributed by atoms with Crippen LogP contribution in [0.5, 0.6) is 0 Å². The number of aromatic amines is 1. The van der Waals surface area contributed by atoms with Crippen LogP contribution in [-0.2, 0) is 6.42 Å². The van der Waals surface area contributed by atoms with Crippen LogP contribution in [0.25, 0.3) is 10.9 Å². The molecule has 1 unspecified atom stereocenters. The minimum atomic E-state index is 0.622. The number of hydrogen-bond acceptors (Lipinski definition) is 4. The van der Waals surface area contributed by atoms with Crippen LogP contribution >= 0.6 is 12.1 Å². The van der Waals surface area contributed by atoms with Gasteiger partial charge in [-0.3, -0.25) is 0 Å². The normalized spacial score (nSPS) is 21.1. The van der Waals surface area contributed by atoms with Crippen molar-refractivity contribution in [2.45, 2.75) is 32.1 Å². The number of allylic oxidation sites excluding steroid dienone is 1. The number of H-pyrrole nitrogens is 1. The molecule has 5 heteroatoms. The molecule has 1 aromatic heterocycles. The number of rotatable bonds is 7. The van der Waals surface area contributed by atoms with E-state index in [0.29, 0.717) is 5.92 Å². The third-order valence-corrected chi connectivity index (χ3v) is 7.36. The number of piperazine rings is 1. The summed E-state index contributed by atoms with van der Waals surface area (Å²) in [6.45, 7) is 4.60. The summed E-state index contributed by atoms with van der Waals surface area (Å²) < 4.78 is 4.77. The molecule has 1 saturated heterocycles. The number of nitrogens with one attached hydrogen (secondary N) is 1. The smallest absolute Gasteiger partial charge is 0.0456 e. The molecular weight excluding hydrogens is 364 g/mol. The van der Waals surface area contributed by atoms with Crippen LogP contribution in [0.15, 0.2) is 42.7 Å². The van der Waals surface area contributed by atoms with Crippen LogP contribution in [0.1, 0.15) is 31.2 Å². The van der Waals surface area contributed by atoms with Crippen molar-refractivity contribution >= 4 is 23.0 Å². The maximum Gasteiger partial charge on any atom is 0.0456 e. The standard InChI is InChI=1S/C23H34N4S/c1-25-13-15-27(16-14-25)28-26(2)12-11-20(19-7-3-4-8-19)17-21-18-24-23-10-6-5-9-22(21)23/h5-6,9-12,18-20,24H,3-4,7-8,13-17H2,1-2H3. The largest absolute Gasteiger partial charge is 0.361 e. The first kappa shape index (κ1) is 19.9. The third kappa shape index (κ3) is 4.94. The van der Waals surface area contributed by atoms with Gasteiger partial charge >= 0.3 is 0 Å². The Bertz CT molecular complexity index is 772. The van der Waals surface area contributed by atoms with Gasteiger partial charge in [0.15, 0.2) is 0 Å². The van der Waals surface area contributed by atoms with Gasteiger partial charge < -0.3 is 14.2 Å². The fourth-order valence-electron chi connectivity index (χ4n) is 4.64. The Hall–Kier alpha value is -1.43. The molecule has 152 valence electrons. The van der Waals surface area contributed by atoms with E-state index in [4.69, 9.17) is 0 Å². The average molecular weight is 399 g/mol. The topological polar surface area (TPSA) is 25.5 Å². The van der Waals surface area contributed by atoms with E-state index in [1.54, 1.807) is 0 Å². The van der Waals surface area contributed by atoms with Gasteiger partial charge in [0.2, 0.25) is 0 Å². The predicted molar refractivity (Wildman–Crippen MR) is 121 cm³/mol. The van der Waals surface area contributed by atoms with Crippen molar-refractivity contribution in [2.75, 3.05) is 40.3 Å². The molecule has 0 bridgehead atoms. The molecule has 1 aliphatic carbocycles. The minimum absolute atomic E-state index is 0.622. The maximum atomic E-state index is 3.46. The molecule has 1 saturated carbocycles. The van der Waals surface area contributed by atoms with Gasteiger partial charge in [-0.2, -0.15) is 0 Å². The summed E-state index contributed by atoms with van der Waals surface area (Å²) in [6.07, 6.45) is 13.7. The van der Waals surface area contributed by atoms with E-state index in [9.17, 15) is 0 Å². The molecular formula is C23H34N4S. The monoisotopic (exact) mass is 398 g/mol. The first-order valence-corrected chi connectivity index (χ1v) is 11.5. The van der Waals surface area contributed by atoms with Crippen LogP contribution in [0.3, 0.4) is 0 Å². The lowest BCUT2D eigenvalue weighted by Gasteiger charge is -2.33. The van der Waals surface area contributed by atoms with Gasteiger partial charge in [-0.15, -0.1) is 0 Å². The highest BCUT2D eigenvalue weighted by molar-refractivity contribution is 7.94. The summed E-state index contributed by atoms with van der Waals surface area (Å²) in [5.74, 6) is 1.45. The Balaban J connectivity index is 1.41. The van der Waals surface area contributed by atoms with Crippen LogP contribution in [0, 0.1) is 11.8 Å².